The van der Waals surface area contributed by atoms with Gasteiger partial charge in [-0.05, 0) is 52.0 Å². The summed E-state index contributed by atoms with van der Waals surface area (Å²) in [5.74, 6) is 0.240. The Hall–Kier alpha value is -2.40. The smallest absolute Gasteiger partial charge is 0.348 e. The van der Waals surface area contributed by atoms with E-state index in [-0.39, 0.29) is 40.3 Å². The second-order valence-electron chi connectivity index (χ2n) is 7.75. The zero-order valence-corrected chi connectivity index (χ0v) is 19.9. The Morgan fingerprint density at radius 2 is 1.78 bits per heavy atom. The summed E-state index contributed by atoms with van der Waals surface area (Å²) in [6.07, 6.45) is 4.53. The van der Waals surface area contributed by atoms with E-state index in [1.807, 2.05) is 0 Å². The molecule has 2 saturated carbocycles. The number of nitrogens with one attached hydrogen (secondary N) is 1. The van der Waals surface area contributed by atoms with Crippen molar-refractivity contribution in [2.45, 2.75) is 63.6 Å². The molecule has 2 aromatic heterocycles. The summed E-state index contributed by atoms with van der Waals surface area (Å²) in [5.41, 5.74) is 0.632. The lowest BCUT2D eigenvalue weighted by Gasteiger charge is -2.09. The van der Waals surface area contributed by atoms with Crippen molar-refractivity contribution in [2.24, 2.45) is 0 Å². The minimum absolute atomic E-state index is 0.115. The van der Waals surface area contributed by atoms with Crippen molar-refractivity contribution in [3.05, 3.63) is 21.8 Å². The van der Waals surface area contributed by atoms with Gasteiger partial charge in [-0.2, -0.15) is 0 Å². The number of esters is 2. The number of hydrogen-bond donors (Lipinski definition) is 1. The molecular formula is C21H26N4O5S2. The largest absolute Gasteiger partial charge is 0.462 e. The van der Waals surface area contributed by atoms with Crippen LogP contribution in [0, 0.1) is 6.92 Å². The minimum Gasteiger partial charge on any atom is -0.462 e. The first-order chi connectivity index (χ1) is 15.4. The normalized spacial score (nSPS) is 15.5. The first-order valence-corrected chi connectivity index (χ1v) is 12.6. The zero-order valence-electron chi connectivity index (χ0n) is 18.3. The third-order valence-electron chi connectivity index (χ3n) is 5.22. The van der Waals surface area contributed by atoms with Gasteiger partial charge in [0.1, 0.15) is 15.7 Å². The van der Waals surface area contributed by atoms with Gasteiger partial charge >= 0.3 is 11.9 Å². The highest BCUT2D eigenvalue weighted by Crippen LogP contribution is 2.46. The van der Waals surface area contributed by atoms with Gasteiger partial charge in [-0.3, -0.25) is 4.79 Å². The van der Waals surface area contributed by atoms with Crippen molar-refractivity contribution >= 4 is 45.9 Å². The second-order valence-corrected chi connectivity index (χ2v) is 9.72. The van der Waals surface area contributed by atoms with E-state index in [2.05, 4.69) is 20.1 Å². The van der Waals surface area contributed by atoms with Crippen molar-refractivity contribution in [3.63, 3.8) is 0 Å². The van der Waals surface area contributed by atoms with Crippen LogP contribution in [0.15, 0.2) is 5.16 Å². The van der Waals surface area contributed by atoms with E-state index in [9.17, 15) is 14.4 Å². The highest BCUT2D eigenvalue weighted by molar-refractivity contribution is 7.99. The SMILES string of the molecule is CCOC(=O)c1sc(NC(=O)CSc2nnc(C3CC3)n2C2CC2)c(C(=O)OCC)c1C. The van der Waals surface area contributed by atoms with Crippen LogP contribution in [0.3, 0.4) is 0 Å². The maximum absolute atomic E-state index is 12.7. The molecule has 2 fully saturated rings. The van der Waals surface area contributed by atoms with Gasteiger partial charge in [-0.1, -0.05) is 11.8 Å². The molecule has 2 aliphatic carbocycles. The lowest BCUT2D eigenvalue weighted by Crippen LogP contribution is -2.17. The van der Waals surface area contributed by atoms with E-state index in [0.717, 1.165) is 48.0 Å². The minimum atomic E-state index is -0.581. The molecule has 0 aromatic carbocycles. The fraction of sp³-hybridized carbons (Fsp3) is 0.571. The van der Waals surface area contributed by atoms with E-state index in [4.69, 9.17) is 9.47 Å². The lowest BCUT2D eigenvalue weighted by atomic mass is 10.1. The van der Waals surface area contributed by atoms with Crippen LogP contribution in [0.5, 0.6) is 0 Å². The molecule has 2 aromatic rings. The molecule has 9 nitrogen and oxygen atoms in total. The number of aromatic nitrogens is 3. The van der Waals surface area contributed by atoms with E-state index in [0.29, 0.717) is 17.5 Å². The molecule has 0 saturated heterocycles. The molecule has 172 valence electrons. The maximum Gasteiger partial charge on any atom is 0.348 e. The standard InChI is InChI=1S/C21H26N4O5S2/c1-4-29-19(27)15-11(3)16(20(28)30-5-2)32-18(15)22-14(26)10-31-21-24-23-17(12-6-7-12)25(21)13-8-9-13/h12-13H,4-10H2,1-3H3,(H,22,26). The van der Waals surface area contributed by atoms with Crippen LogP contribution in [0.4, 0.5) is 5.00 Å². The van der Waals surface area contributed by atoms with E-state index < -0.39 is 11.9 Å². The molecule has 11 heteroatoms. The number of carbonyl (C=O) groups excluding carboxylic acids is 3. The van der Waals surface area contributed by atoms with Gasteiger partial charge in [0.05, 0.1) is 24.5 Å². The number of anilines is 1. The van der Waals surface area contributed by atoms with Crippen molar-refractivity contribution in [1.29, 1.82) is 0 Å². The fourth-order valence-corrected chi connectivity index (χ4v) is 5.33. The lowest BCUT2D eigenvalue weighted by molar-refractivity contribution is -0.113. The van der Waals surface area contributed by atoms with Crippen molar-refractivity contribution < 1.29 is 23.9 Å². The molecule has 1 amide bonds. The van der Waals surface area contributed by atoms with Gasteiger partial charge in [0, 0.05) is 12.0 Å². The van der Waals surface area contributed by atoms with Crippen molar-refractivity contribution in [2.75, 3.05) is 24.3 Å². The Labute approximate surface area is 194 Å². The number of carbonyl (C=O) groups is 3. The maximum atomic E-state index is 12.7. The Kier molecular flexibility index (Phi) is 6.85. The average Bonchev–Trinajstić information content (AvgIpc) is 3.69. The van der Waals surface area contributed by atoms with Gasteiger partial charge in [0.25, 0.3) is 0 Å². The van der Waals surface area contributed by atoms with Crippen molar-refractivity contribution in [3.8, 4) is 0 Å². The predicted octanol–water partition coefficient (Wildman–Crippen LogP) is 3.94. The topological polar surface area (TPSA) is 112 Å². The number of rotatable bonds is 10. The summed E-state index contributed by atoms with van der Waals surface area (Å²) in [4.78, 5) is 37.8. The average molecular weight is 479 g/mol. The van der Waals surface area contributed by atoms with Gasteiger partial charge in [-0.15, -0.1) is 21.5 Å². The summed E-state index contributed by atoms with van der Waals surface area (Å²) in [6.45, 7) is 5.46. The van der Waals surface area contributed by atoms with Crippen LogP contribution in [0.25, 0.3) is 0 Å². The third-order valence-corrected chi connectivity index (χ3v) is 7.35. The molecule has 0 bridgehead atoms. The fourth-order valence-electron chi connectivity index (χ4n) is 3.42. The van der Waals surface area contributed by atoms with Crippen LogP contribution in [0.2, 0.25) is 0 Å². The molecule has 32 heavy (non-hydrogen) atoms. The molecule has 0 radical (unpaired) electrons. The Morgan fingerprint density at radius 3 is 2.41 bits per heavy atom. The summed E-state index contributed by atoms with van der Waals surface area (Å²) >= 11 is 2.36. The Bertz CT molecular complexity index is 1040. The Balaban J connectivity index is 1.48. The summed E-state index contributed by atoms with van der Waals surface area (Å²) in [5, 5.41) is 12.5. The van der Waals surface area contributed by atoms with E-state index in [1.165, 1.54) is 11.8 Å². The molecule has 1 N–H and O–H groups in total. The van der Waals surface area contributed by atoms with E-state index in [1.54, 1.807) is 20.8 Å². The van der Waals surface area contributed by atoms with Crippen LogP contribution in [-0.4, -0.2) is 51.6 Å². The molecule has 0 unspecified atom stereocenters. The molecule has 0 spiro atoms. The quantitative estimate of drug-likeness (QED) is 0.404. The first kappa shape index (κ1) is 22.8. The predicted molar refractivity (Wildman–Crippen MR) is 121 cm³/mol. The highest BCUT2D eigenvalue weighted by Gasteiger charge is 2.36. The van der Waals surface area contributed by atoms with Gasteiger partial charge in [0.15, 0.2) is 5.16 Å². The molecule has 0 aliphatic heterocycles. The van der Waals surface area contributed by atoms with Crippen LogP contribution >= 0.6 is 23.1 Å². The third kappa shape index (κ3) is 4.83. The number of hydrogen-bond acceptors (Lipinski definition) is 9. The molecule has 0 atom stereocenters. The summed E-state index contributed by atoms with van der Waals surface area (Å²) < 4.78 is 12.4. The van der Waals surface area contributed by atoms with E-state index >= 15 is 0 Å². The summed E-state index contributed by atoms with van der Waals surface area (Å²) in [7, 11) is 0. The number of ether oxygens (including phenoxy) is 2. The Morgan fingerprint density at radius 1 is 1.09 bits per heavy atom. The number of amides is 1. The second kappa shape index (κ2) is 9.62. The summed E-state index contributed by atoms with van der Waals surface area (Å²) in [6, 6.07) is 0.439. The molecule has 2 heterocycles. The molecule has 4 rings (SSSR count). The molecule has 2 aliphatic rings. The van der Waals surface area contributed by atoms with Gasteiger partial charge in [0.2, 0.25) is 5.91 Å². The van der Waals surface area contributed by atoms with Crippen molar-refractivity contribution in [1.82, 2.24) is 14.8 Å². The number of thiophene rings is 1. The number of nitrogens with zero attached hydrogens (tertiary/aromatic N) is 3. The van der Waals surface area contributed by atoms with Gasteiger partial charge in [-0.25, -0.2) is 9.59 Å². The number of thioether (sulfide) groups is 1. The highest BCUT2D eigenvalue weighted by atomic mass is 32.2. The van der Waals surface area contributed by atoms with Crippen LogP contribution in [-0.2, 0) is 14.3 Å². The zero-order chi connectivity index (χ0) is 22.8. The van der Waals surface area contributed by atoms with Crippen LogP contribution in [0.1, 0.15) is 82.9 Å². The van der Waals surface area contributed by atoms with Crippen LogP contribution < -0.4 is 5.32 Å². The van der Waals surface area contributed by atoms with Gasteiger partial charge < -0.3 is 19.4 Å². The molecular weight excluding hydrogens is 452 g/mol. The monoisotopic (exact) mass is 478 g/mol. The first-order valence-electron chi connectivity index (χ1n) is 10.8.